The van der Waals surface area contributed by atoms with Crippen LogP contribution in [-0.2, 0) is 0 Å². The van der Waals surface area contributed by atoms with E-state index < -0.39 is 18.6 Å². The molecule has 0 aromatic carbocycles. The lowest BCUT2D eigenvalue weighted by molar-refractivity contribution is 0.0318. The van der Waals surface area contributed by atoms with Gasteiger partial charge in [-0.3, -0.25) is 5.73 Å². The smallest absolute Gasteiger partial charge is 0.189 e. The van der Waals surface area contributed by atoms with Gasteiger partial charge in [-0.2, -0.15) is 0 Å². The molecule has 0 aliphatic rings. The number of aliphatic hydroxyl groups is 1. The zero-order valence-corrected chi connectivity index (χ0v) is 4.56. The van der Waals surface area contributed by atoms with E-state index in [0.29, 0.717) is 0 Å². The maximum atomic E-state index is 12.0. The van der Waals surface area contributed by atoms with E-state index in [2.05, 4.69) is 5.73 Å². The van der Waals surface area contributed by atoms with Crippen molar-refractivity contribution in [3.05, 3.63) is 0 Å². The van der Waals surface area contributed by atoms with Crippen LogP contribution in [0.5, 0.6) is 0 Å². The van der Waals surface area contributed by atoms with Gasteiger partial charge in [0.25, 0.3) is 0 Å². The summed E-state index contributed by atoms with van der Waals surface area (Å²) in [5.74, 6) is -2.41. The summed E-state index contributed by atoms with van der Waals surface area (Å²) in [5, 5.41) is 7.98. The molecule has 0 radical (unpaired) electrons. The summed E-state index contributed by atoms with van der Waals surface area (Å²) in [7, 11) is 0. The normalized spacial score (nSPS) is 22.1. The molecule has 50 valence electrons. The SMILES string of the molecule is CC(N)(F)C(F)CO. The van der Waals surface area contributed by atoms with Gasteiger partial charge in [-0.05, 0) is 6.92 Å². The Morgan fingerprint density at radius 2 is 2.25 bits per heavy atom. The molecule has 3 N–H and O–H groups in total. The van der Waals surface area contributed by atoms with Gasteiger partial charge in [0.1, 0.15) is 0 Å². The Bertz CT molecular complexity index is 70.9. The van der Waals surface area contributed by atoms with Crippen molar-refractivity contribution in [1.29, 1.82) is 0 Å². The fourth-order valence-electron chi connectivity index (χ4n) is 0.178. The van der Waals surface area contributed by atoms with Crippen LogP contribution in [0.15, 0.2) is 0 Å². The Balaban J connectivity index is 3.62. The van der Waals surface area contributed by atoms with E-state index in [9.17, 15) is 8.78 Å². The van der Waals surface area contributed by atoms with E-state index in [0.717, 1.165) is 6.92 Å². The van der Waals surface area contributed by atoms with Crippen LogP contribution in [0.4, 0.5) is 8.78 Å². The van der Waals surface area contributed by atoms with Crippen LogP contribution in [0.2, 0.25) is 0 Å². The second-order valence-corrected chi connectivity index (χ2v) is 1.80. The number of rotatable bonds is 2. The molecule has 0 saturated heterocycles. The molecule has 0 aromatic heterocycles. The number of hydrogen-bond acceptors (Lipinski definition) is 2. The third-order valence-electron chi connectivity index (χ3n) is 0.773. The highest BCUT2D eigenvalue weighted by Crippen LogP contribution is 2.09. The summed E-state index contributed by atoms with van der Waals surface area (Å²) < 4.78 is 23.9. The Morgan fingerprint density at radius 3 is 2.25 bits per heavy atom. The van der Waals surface area contributed by atoms with E-state index >= 15 is 0 Å². The van der Waals surface area contributed by atoms with Gasteiger partial charge >= 0.3 is 0 Å². The topological polar surface area (TPSA) is 46.2 Å². The van der Waals surface area contributed by atoms with Crippen molar-refractivity contribution in [2.45, 2.75) is 18.9 Å². The maximum absolute atomic E-state index is 12.0. The first-order valence-electron chi connectivity index (χ1n) is 2.21. The van der Waals surface area contributed by atoms with Crippen molar-refractivity contribution in [3.8, 4) is 0 Å². The highest BCUT2D eigenvalue weighted by molar-refractivity contribution is 4.74. The average Bonchev–Trinajstić information content (AvgIpc) is 1.62. The molecule has 0 aliphatic carbocycles. The minimum absolute atomic E-state index is 0.869. The molecule has 0 aliphatic heterocycles. The molecule has 0 saturated carbocycles. The molecular formula is C4H9F2NO. The van der Waals surface area contributed by atoms with Gasteiger partial charge < -0.3 is 5.11 Å². The molecule has 8 heavy (non-hydrogen) atoms. The summed E-state index contributed by atoms with van der Waals surface area (Å²) in [6.45, 7) is -0.00259. The molecule has 0 aromatic rings. The molecule has 0 fully saturated rings. The Morgan fingerprint density at radius 1 is 1.88 bits per heavy atom. The number of halogens is 2. The minimum atomic E-state index is -2.41. The average molecular weight is 125 g/mol. The second kappa shape index (κ2) is 2.37. The largest absolute Gasteiger partial charge is 0.393 e. The molecule has 0 amide bonds. The van der Waals surface area contributed by atoms with Crippen molar-refractivity contribution in [3.63, 3.8) is 0 Å². The predicted octanol–water partition coefficient (Wildman–Crippen LogP) is -0.0388. The van der Waals surface area contributed by atoms with Crippen molar-refractivity contribution in [1.82, 2.24) is 0 Å². The predicted molar refractivity (Wildman–Crippen MR) is 25.7 cm³/mol. The van der Waals surface area contributed by atoms with Crippen molar-refractivity contribution < 1.29 is 13.9 Å². The number of alkyl halides is 2. The standard InChI is InChI=1S/C4H9F2NO/c1-4(6,7)3(5)2-8/h3,8H,2,7H2,1H3. The summed E-state index contributed by atoms with van der Waals surface area (Å²) in [6.07, 6.45) is -1.98. The van der Waals surface area contributed by atoms with Crippen LogP contribution in [-0.4, -0.2) is 23.7 Å². The van der Waals surface area contributed by atoms with Crippen molar-refractivity contribution in [2.24, 2.45) is 5.73 Å². The quantitative estimate of drug-likeness (QED) is 0.509. The zero-order chi connectivity index (χ0) is 6.78. The maximum Gasteiger partial charge on any atom is 0.189 e. The zero-order valence-electron chi connectivity index (χ0n) is 4.56. The van der Waals surface area contributed by atoms with Crippen LogP contribution in [0.3, 0.4) is 0 Å². The molecule has 0 bridgehead atoms. The Labute approximate surface area is 46.3 Å². The fraction of sp³-hybridized carbons (Fsp3) is 1.00. The van der Waals surface area contributed by atoms with Gasteiger partial charge in [-0.15, -0.1) is 0 Å². The van der Waals surface area contributed by atoms with E-state index in [1.165, 1.54) is 0 Å². The van der Waals surface area contributed by atoms with Gasteiger partial charge in [0.2, 0.25) is 0 Å². The summed E-state index contributed by atoms with van der Waals surface area (Å²) in [6, 6.07) is 0. The highest BCUT2D eigenvalue weighted by atomic mass is 19.2. The van der Waals surface area contributed by atoms with Gasteiger partial charge in [0, 0.05) is 0 Å². The van der Waals surface area contributed by atoms with E-state index in [-0.39, 0.29) is 0 Å². The highest BCUT2D eigenvalue weighted by Gasteiger charge is 2.28. The molecule has 0 rings (SSSR count). The lowest BCUT2D eigenvalue weighted by Crippen LogP contribution is -2.42. The molecule has 2 nitrogen and oxygen atoms in total. The van der Waals surface area contributed by atoms with E-state index in [4.69, 9.17) is 5.11 Å². The number of hydrogen-bond donors (Lipinski definition) is 2. The number of aliphatic hydroxyl groups excluding tert-OH is 1. The van der Waals surface area contributed by atoms with Crippen molar-refractivity contribution in [2.75, 3.05) is 6.61 Å². The van der Waals surface area contributed by atoms with Crippen molar-refractivity contribution >= 4 is 0 Å². The van der Waals surface area contributed by atoms with Crippen LogP contribution < -0.4 is 5.73 Å². The first-order valence-corrected chi connectivity index (χ1v) is 2.21. The first-order chi connectivity index (χ1) is 3.48. The van der Waals surface area contributed by atoms with Gasteiger partial charge in [-0.1, -0.05) is 0 Å². The Hall–Kier alpha value is -0.220. The van der Waals surface area contributed by atoms with E-state index in [1.54, 1.807) is 0 Å². The molecule has 4 heteroatoms. The van der Waals surface area contributed by atoms with E-state index in [1.807, 2.05) is 0 Å². The van der Waals surface area contributed by atoms with Crippen LogP contribution >= 0.6 is 0 Å². The summed E-state index contributed by atoms with van der Waals surface area (Å²) in [5.41, 5.74) is 4.59. The third-order valence-corrected chi connectivity index (χ3v) is 0.773. The van der Waals surface area contributed by atoms with Gasteiger partial charge in [0.15, 0.2) is 12.0 Å². The molecule has 0 spiro atoms. The van der Waals surface area contributed by atoms with Crippen LogP contribution in [0.1, 0.15) is 6.92 Å². The first kappa shape index (κ1) is 7.78. The van der Waals surface area contributed by atoms with Crippen LogP contribution in [0.25, 0.3) is 0 Å². The van der Waals surface area contributed by atoms with Crippen LogP contribution in [0, 0.1) is 0 Å². The summed E-state index contributed by atoms with van der Waals surface area (Å²) >= 11 is 0. The minimum Gasteiger partial charge on any atom is -0.393 e. The fourth-order valence-corrected chi connectivity index (χ4v) is 0.178. The lowest BCUT2D eigenvalue weighted by Gasteiger charge is -2.16. The molecule has 0 heterocycles. The molecule has 2 atom stereocenters. The Kier molecular flexibility index (Phi) is 2.30. The molecule has 2 unspecified atom stereocenters. The lowest BCUT2D eigenvalue weighted by atomic mass is 10.2. The monoisotopic (exact) mass is 125 g/mol. The number of nitrogens with two attached hydrogens (primary N) is 1. The second-order valence-electron chi connectivity index (χ2n) is 1.80. The molecular weight excluding hydrogens is 116 g/mol. The summed E-state index contributed by atoms with van der Waals surface area (Å²) in [4.78, 5) is 0. The third kappa shape index (κ3) is 2.18. The van der Waals surface area contributed by atoms with Gasteiger partial charge in [-0.25, -0.2) is 8.78 Å². The van der Waals surface area contributed by atoms with Gasteiger partial charge in [0.05, 0.1) is 6.61 Å².